The molecule has 0 amide bonds. The molecular formula is C27H46N6O6. The van der Waals surface area contributed by atoms with Gasteiger partial charge in [0.15, 0.2) is 11.7 Å². The third-order valence-corrected chi connectivity index (χ3v) is 7.40. The van der Waals surface area contributed by atoms with Crippen LogP contribution < -0.4 is 22.2 Å². The topological polar surface area (TPSA) is 189 Å². The Morgan fingerprint density at radius 1 is 0.897 bits per heavy atom. The number of nitrogens with two attached hydrogens (primary N) is 1. The zero-order valence-electron chi connectivity index (χ0n) is 23.1. The van der Waals surface area contributed by atoms with Gasteiger partial charge in [0.25, 0.3) is 5.56 Å². The second-order valence-corrected chi connectivity index (χ2v) is 10.5. The number of H-pyrrole nitrogens is 1. The molecule has 2 aromatic heterocycles. The molecule has 0 radical (unpaired) electrons. The van der Waals surface area contributed by atoms with Crippen LogP contribution in [0.15, 0.2) is 9.59 Å². The molecule has 12 heteroatoms. The summed E-state index contributed by atoms with van der Waals surface area (Å²) in [5.74, 6) is -0.240. The Morgan fingerprint density at radius 2 is 1.46 bits per heavy atom. The zero-order valence-corrected chi connectivity index (χ0v) is 23.1. The smallest absolute Gasteiger partial charge is 0.301 e. The maximum absolute atomic E-state index is 13.0. The van der Waals surface area contributed by atoms with Crippen LogP contribution in [0.5, 0.6) is 0 Å². The van der Waals surface area contributed by atoms with E-state index in [-0.39, 0.29) is 22.9 Å². The summed E-state index contributed by atoms with van der Waals surface area (Å²) in [5.41, 5.74) is 3.93. The largest absolute Gasteiger partial charge is 0.394 e. The lowest BCUT2D eigenvalue weighted by Gasteiger charge is -2.17. The number of unbranched alkanes of at least 4 members (excludes halogenated alkanes) is 13. The van der Waals surface area contributed by atoms with Crippen LogP contribution in [0.25, 0.3) is 11.0 Å². The lowest BCUT2D eigenvalue weighted by molar-refractivity contribution is -0.0499. The predicted octanol–water partition coefficient (Wildman–Crippen LogP) is 2.57. The van der Waals surface area contributed by atoms with Crippen LogP contribution >= 0.6 is 0 Å². The number of hydrogen-bond donors (Lipinski definition) is 6. The van der Waals surface area contributed by atoms with E-state index in [0.29, 0.717) is 6.54 Å². The van der Waals surface area contributed by atoms with Crippen molar-refractivity contribution in [3.05, 3.63) is 20.7 Å². The molecule has 3 heterocycles. The van der Waals surface area contributed by atoms with E-state index in [1.165, 1.54) is 70.6 Å². The number of hydrogen-bond acceptors (Lipinski definition) is 10. The number of anilines is 2. The molecule has 0 spiro atoms. The second kappa shape index (κ2) is 15.9. The van der Waals surface area contributed by atoms with Gasteiger partial charge in [-0.05, 0) is 6.42 Å². The molecule has 7 N–H and O–H groups in total. The average molecular weight is 551 g/mol. The van der Waals surface area contributed by atoms with Gasteiger partial charge in [-0.2, -0.15) is 4.98 Å². The van der Waals surface area contributed by atoms with Gasteiger partial charge < -0.3 is 31.1 Å². The number of aromatic amines is 1. The lowest BCUT2D eigenvalue weighted by atomic mass is 10.0. The minimum absolute atomic E-state index is 0.0176. The number of imidazole rings is 1. The van der Waals surface area contributed by atoms with Gasteiger partial charge in [0.05, 0.1) is 6.61 Å². The van der Waals surface area contributed by atoms with Crippen molar-refractivity contribution in [3.63, 3.8) is 0 Å². The number of aliphatic hydroxyl groups excluding tert-OH is 3. The Hall–Kier alpha value is -2.54. The molecule has 2 aromatic rings. The second-order valence-electron chi connectivity index (χ2n) is 10.5. The first kappa shape index (κ1) is 31.0. The number of aromatic nitrogens is 4. The van der Waals surface area contributed by atoms with E-state index < -0.39 is 42.3 Å². The van der Waals surface area contributed by atoms with E-state index in [1.54, 1.807) is 0 Å². The van der Waals surface area contributed by atoms with Crippen molar-refractivity contribution < 1.29 is 20.1 Å². The lowest BCUT2D eigenvalue weighted by Crippen LogP contribution is -2.33. The van der Waals surface area contributed by atoms with E-state index in [1.807, 2.05) is 0 Å². The summed E-state index contributed by atoms with van der Waals surface area (Å²) in [7, 11) is 0. The normalized spacial score (nSPS) is 21.1. The minimum Gasteiger partial charge on any atom is -0.394 e. The molecular weight excluding hydrogens is 504 g/mol. The third kappa shape index (κ3) is 8.47. The van der Waals surface area contributed by atoms with Crippen molar-refractivity contribution >= 4 is 22.9 Å². The number of nitrogens with one attached hydrogen (secondary N) is 2. The van der Waals surface area contributed by atoms with Crippen LogP contribution in [-0.2, 0) is 4.74 Å². The van der Waals surface area contributed by atoms with Crippen molar-refractivity contribution in [1.82, 2.24) is 19.5 Å². The highest BCUT2D eigenvalue weighted by atomic mass is 16.6. The molecule has 0 saturated carbocycles. The zero-order chi connectivity index (χ0) is 28.2. The minimum atomic E-state index is -1.49. The maximum atomic E-state index is 13.0. The summed E-state index contributed by atoms with van der Waals surface area (Å²) >= 11 is 0. The molecule has 12 nitrogen and oxygen atoms in total. The first-order valence-electron chi connectivity index (χ1n) is 14.6. The Bertz CT molecular complexity index is 1140. The van der Waals surface area contributed by atoms with Gasteiger partial charge in [0.2, 0.25) is 11.9 Å². The summed E-state index contributed by atoms with van der Waals surface area (Å²) in [6.45, 7) is 2.24. The number of fused-ring (bicyclic) bond motifs is 1. The molecule has 0 aliphatic carbocycles. The molecule has 0 aromatic carbocycles. The van der Waals surface area contributed by atoms with Crippen LogP contribution in [0.3, 0.4) is 0 Å². The number of ether oxygens (including phenoxy) is 1. The van der Waals surface area contributed by atoms with Crippen molar-refractivity contribution in [2.45, 2.75) is 121 Å². The summed E-state index contributed by atoms with van der Waals surface area (Å²) in [6.07, 6.45) is 12.3. The summed E-state index contributed by atoms with van der Waals surface area (Å²) < 4.78 is 6.54. The van der Waals surface area contributed by atoms with Crippen molar-refractivity contribution in [2.24, 2.45) is 0 Å². The molecule has 3 rings (SSSR count). The molecule has 1 aliphatic rings. The fraction of sp³-hybridized carbons (Fsp3) is 0.778. The Morgan fingerprint density at radius 3 is 2.00 bits per heavy atom. The number of nitrogen functional groups attached to an aromatic ring is 1. The van der Waals surface area contributed by atoms with Crippen LogP contribution in [0.2, 0.25) is 0 Å². The fourth-order valence-corrected chi connectivity index (χ4v) is 5.13. The van der Waals surface area contributed by atoms with Gasteiger partial charge in [0, 0.05) is 6.54 Å². The highest BCUT2D eigenvalue weighted by molar-refractivity contribution is 5.76. The van der Waals surface area contributed by atoms with Gasteiger partial charge in [-0.15, -0.1) is 0 Å². The Balaban J connectivity index is 1.44. The standard InChI is InChI=1S/C27H46N6O6/c1-2-3-4-5-6-7-8-9-10-11-12-13-14-15-16-29-27-31-23(37)19-20(24(38)32-27)33(26(28)30-19)25-22(36)21(35)18(17-34)39-25/h18,21-22,25,34-36H,2-17H2,1H3,(H2,28,30)(H2,29,31,32,37,38)/t18-,21-,22-,25+/m1/s1. The van der Waals surface area contributed by atoms with Crippen LogP contribution in [-0.4, -0.2) is 66.3 Å². The van der Waals surface area contributed by atoms with Crippen LogP contribution in [0, 0.1) is 0 Å². The van der Waals surface area contributed by atoms with Crippen molar-refractivity contribution in [3.8, 4) is 0 Å². The predicted molar refractivity (Wildman–Crippen MR) is 151 cm³/mol. The molecule has 0 unspecified atom stereocenters. The highest BCUT2D eigenvalue weighted by Gasteiger charge is 2.45. The molecule has 1 aliphatic heterocycles. The third-order valence-electron chi connectivity index (χ3n) is 7.40. The number of nitrogens with zero attached hydrogens (tertiary/aromatic N) is 3. The fourth-order valence-electron chi connectivity index (χ4n) is 5.13. The molecule has 4 atom stereocenters. The van der Waals surface area contributed by atoms with Gasteiger partial charge in [0.1, 0.15) is 23.8 Å². The highest BCUT2D eigenvalue weighted by Crippen LogP contribution is 2.32. The molecule has 0 bridgehead atoms. The summed E-state index contributed by atoms with van der Waals surface area (Å²) in [4.78, 5) is 36.2. The molecule has 39 heavy (non-hydrogen) atoms. The summed E-state index contributed by atoms with van der Waals surface area (Å²) in [5, 5.41) is 32.8. The van der Waals surface area contributed by atoms with Crippen molar-refractivity contribution in [1.29, 1.82) is 0 Å². The van der Waals surface area contributed by atoms with E-state index in [2.05, 4.69) is 27.2 Å². The average Bonchev–Trinajstić information content (AvgIpc) is 3.37. The number of rotatable bonds is 18. The van der Waals surface area contributed by atoms with E-state index >= 15 is 0 Å². The van der Waals surface area contributed by atoms with Crippen LogP contribution in [0.4, 0.5) is 11.9 Å². The van der Waals surface area contributed by atoms with E-state index in [4.69, 9.17) is 10.5 Å². The van der Waals surface area contributed by atoms with Gasteiger partial charge in [-0.3, -0.25) is 19.1 Å². The quantitative estimate of drug-likeness (QED) is 0.150. The number of aliphatic hydroxyl groups is 3. The first-order chi connectivity index (χ1) is 18.9. The van der Waals surface area contributed by atoms with Gasteiger partial charge >= 0.3 is 5.56 Å². The van der Waals surface area contributed by atoms with Crippen LogP contribution in [0.1, 0.15) is 103 Å². The Kier molecular flexibility index (Phi) is 12.6. The van der Waals surface area contributed by atoms with E-state index in [9.17, 15) is 24.9 Å². The van der Waals surface area contributed by atoms with E-state index in [0.717, 1.165) is 23.8 Å². The van der Waals surface area contributed by atoms with Gasteiger partial charge in [-0.25, -0.2) is 4.98 Å². The monoisotopic (exact) mass is 550 g/mol. The summed E-state index contributed by atoms with van der Waals surface area (Å²) in [6, 6.07) is 0. The maximum Gasteiger partial charge on any atom is 0.301 e. The van der Waals surface area contributed by atoms with Crippen molar-refractivity contribution in [2.75, 3.05) is 24.2 Å². The SMILES string of the molecule is CCCCCCCCCCCCCCCCNc1nc(=O)c2nc(N)n([C@H]3O[C@H](CO)[C@@H](O)[C@H]3O)c2c(=O)[nH]1. The molecule has 1 fully saturated rings. The Labute approximate surface area is 229 Å². The molecule has 1 saturated heterocycles. The molecule has 220 valence electrons. The van der Waals surface area contributed by atoms with Gasteiger partial charge in [-0.1, -0.05) is 90.4 Å². The first-order valence-corrected chi connectivity index (χ1v) is 14.6.